The predicted molar refractivity (Wildman–Crippen MR) is 121 cm³/mol. The fraction of sp³-hybridized carbons (Fsp3) is 0.364. The molecule has 2 aromatic carbocycles. The van der Waals surface area contributed by atoms with Crippen molar-refractivity contribution in [2.75, 3.05) is 31.6 Å². The monoisotopic (exact) mass is 458 g/mol. The molecule has 9 nitrogen and oxygen atoms in total. The van der Waals surface area contributed by atoms with Crippen molar-refractivity contribution in [2.24, 2.45) is 0 Å². The first-order chi connectivity index (χ1) is 15.3. The van der Waals surface area contributed by atoms with Crippen molar-refractivity contribution in [3.05, 3.63) is 58.5 Å². The fourth-order valence-corrected chi connectivity index (χ4v) is 5.62. The van der Waals surface area contributed by atoms with Crippen LogP contribution < -0.4 is 11.0 Å². The topological polar surface area (TPSA) is 103 Å². The molecule has 1 fully saturated rings. The van der Waals surface area contributed by atoms with Crippen LogP contribution in [0.2, 0.25) is 0 Å². The number of aryl methyl sites for hydroxylation is 2. The maximum atomic E-state index is 13.1. The zero-order valence-corrected chi connectivity index (χ0v) is 18.9. The lowest BCUT2D eigenvalue weighted by Crippen LogP contribution is -2.40. The average Bonchev–Trinajstić information content (AvgIpc) is 3.06. The summed E-state index contributed by atoms with van der Waals surface area (Å²) in [7, 11) is -3.70. The molecule has 0 saturated carbocycles. The van der Waals surface area contributed by atoms with Crippen molar-refractivity contribution >= 4 is 32.7 Å². The molecule has 0 atom stereocenters. The first-order valence-electron chi connectivity index (χ1n) is 10.5. The number of nitrogens with zero attached hydrogens (tertiary/aromatic N) is 3. The van der Waals surface area contributed by atoms with E-state index in [-0.39, 0.29) is 17.1 Å². The number of hydrogen-bond donors (Lipinski definition) is 1. The molecule has 1 amide bonds. The highest BCUT2D eigenvalue weighted by molar-refractivity contribution is 7.89. The Morgan fingerprint density at radius 3 is 2.38 bits per heavy atom. The van der Waals surface area contributed by atoms with E-state index >= 15 is 0 Å². The van der Waals surface area contributed by atoms with E-state index in [1.165, 1.54) is 14.9 Å². The van der Waals surface area contributed by atoms with Crippen LogP contribution in [0.3, 0.4) is 0 Å². The largest absolute Gasteiger partial charge is 0.379 e. The number of carbonyl (C=O) groups excluding carboxylic acids is 1. The summed E-state index contributed by atoms with van der Waals surface area (Å²) in [5.74, 6) is -0.412. The summed E-state index contributed by atoms with van der Waals surface area (Å²) in [6, 6.07) is 12.1. The Hall–Kier alpha value is -2.95. The third-order valence-electron chi connectivity index (χ3n) is 5.60. The van der Waals surface area contributed by atoms with Crippen molar-refractivity contribution in [3.8, 4) is 0 Å². The highest BCUT2D eigenvalue weighted by atomic mass is 32.2. The Balaban J connectivity index is 1.59. The third-order valence-corrected chi connectivity index (χ3v) is 7.64. The molecular weight excluding hydrogens is 432 g/mol. The Morgan fingerprint density at radius 1 is 1.06 bits per heavy atom. The Morgan fingerprint density at radius 2 is 1.72 bits per heavy atom. The molecule has 170 valence electrons. The predicted octanol–water partition coefficient (Wildman–Crippen LogP) is 1.79. The van der Waals surface area contributed by atoms with Crippen LogP contribution >= 0.6 is 0 Å². The van der Waals surface area contributed by atoms with Gasteiger partial charge in [-0.2, -0.15) is 4.31 Å². The average molecular weight is 459 g/mol. The summed E-state index contributed by atoms with van der Waals surface area (Å²) in [4.78, 5) is 25.7. The first-order valence-corrected chi connectivity index (χ1v) is 11.9. The van der Waals surface area contributed by atoms with Gasteiger partial charge >= 0.3 is 5.69 Å². The normalized spacial score (nSPS) is 15.2. The molecule has 1 aromatic heterocycles. The Labute approximate surface area is 186 Å². The van der Waals surface area contributed by atoms with Gasteiger partial charge in [-0.15, -0.1) is 0 Å². The van der Waals surface area contributed by atoms with E-state index in [1.807, 2.05) is 25.1 Å². The molecule has 0 spiro atoms. The number of para-hydroxylation sites is 2. The second-order valence-corrected chi connectivity index (χ2v) is 9.55. The summed E-state index contributed by atoms with van der Waals surface area (Å²) in [5.41, 5.74) is 2.13. The van der Waals surface area contributed by atoms with Crippen LogP contribution in [-0.2, 0) is 32.6 Å². The highest BCUT2D eigenvalue weighted by Gasteiger charge is 2.28. The van der Waals surface area contributed by atoms with E-state index in [9.17, 15) is 18.0 Å². The SMILES string of the molecule is CCn1c(=O)n(CC(=O)Nc2ccc(C)c(S(=O)(=O)N3CCOCC3)c2)c2ccccc21. The number of fused-ring (bicyclic) bond motifs is 1. The van der Waals surface area contributed by atoms with Crippen LogP contribution in [0.1, 0.15) is 12.5 Å². The molecule has 1 aliphatic rings. The highest BCUT2D eigenvalue weighted by Crippen LogP contribution is 2.24. The molecule has 0 unspecified atom stereocenters. The molecule has 1 saturated heterocycles. The second kappa shape index (κ2) is 8.89. The van der Waals surface area contributed by atoms with Gasteiger partial charge in [0.25, 0.3) is 0 Å². The number of nitrogens with one attached hydrogen (secondary N) is 1. The number of morpholine rings is 1. The summed E-state index contributed by atoms with van der Waals surface area (Å²) in [5, 5.41) is 2.74. The van der Waals surface area contributed by atoms with Crippen molar-refractivity contribution in [3.63, 3.8) is 0 Å². The number of anilines is 1. The Bertz CT molecular complexity index is 1320. The van der Waals surface area contributed by atoms with Crippen LogP contribution in [0.15, 0.2) is 52.2 Å². The molecule has 10 heteroatoms. The van der Waals surface area contributed by atoms with Gasteiger partial charge in [-0.05, 0) is 43.7 Å². The molecule has 4 rings (SSSR count). The zero-order chi connectivity index (χ0) is 22.9. The fourth-order valence-electron chi connectivity index (χ4n) is 3.96. The lowest BCUT2D eigenvalue weighted by atomic mass is 10.2. The minimum atomic E-state index is -3.70. The first kappa shape index (κ1) is 22.3. The second-order valence-electron chi connectivity index (χ2n) is 7.65. The van der Waals surface area contributed by atoms with Crippen LogP contribution in [-0.4, -0.2) is 54.1 Å². The molecule has 32 heavy (non-hydrogen) atoms. The number of hydrogen-bond acceptors (Lipinski definition) is 5. The van der Waals surface area contributed by atoms with Gasteiger partial charge < -0.3 is 10.1 Å². The maximum Gasteiger partial charge on any atom is 0.329 e. The van der Waals surface area contributed by atoms with Gasteiger partial charge in [0.1, 0.15) is 6.54 Å². The quantitative estimate of drug-likeness (QED) is 0.607. The summed E-state index contributed by atoms with van der Waals surface area (Å²) < 4.78 is 35.8. The van der Waals surface area contributed by atoms with Crippen molar-refractivity contribution in [2.45, 2.75) is 31.8 Å². The van der Waals surface area contributed by atoms with E-state index in [0.29, 0.717) is 49.6 Å². The Kier molecular flexibility index (Phi) is 6.18. The van der Waals surface area contributed by atoms with E-state index in [4.69, 9.17) is 4.74 Å². The number of carbonyl (C=O) groups is 1. The lowest BCUT2D eigenvalue weighted by molar-refractivity contribution is -0.116. The number of ether oxygens (including phenoxy) is 1. The van der Waals surface area contributed by atoms with Crippen molar-refractivity contribution in [1.82, 2.24) is 13.4 Å². The maximum absolute atomic E-state index is 13.1. The molecule has 0 radical (unpaired) electrons. The van der Waals surface area contributed by atoms with Crippen molar-refractivity contribution < 1.29 is 17.9 Å². The molecular formula is C22H26N4O5S. The summed E-state index contributed by atoms with van der Waals surface area (Å²) in [6.07, 6.45) is 0. The minimum absolute atomic E-state index is 0.150. The lowest BCUT2D eigenvalue weighted by Gasteiger charge is -2.26. The number of rotatable bonds is 6. The molecule has 1 aliphatic heterocycles. The number of aromatic nitrogens is 2. The molecule has 1 N–H and O–H groups in total. The molecule has 0 aliphatic carbocycles. The third kappa shape index (κ3) is 4.08. The number of sulfonamides is 1. The number of imidazole rings is 1. The van der Waals surface area contributed by atoms with E-state index in [1.54, 1.807) is 29.7 Å². The number of benzene rings is 2. The smallest absolute Gasteiger partial charge is 0.329 e. The van der Waals surface area contributed by atoms with E-state index in [2.05, 4.69) is 5.32 Å². The summed E-state index contributed by atoms with van der Waals surface area (Å²) >= 11 is 0. The molecule has 2 heterocycles. The van der Waals surface area contributed by atoms with Crippen LogP contribution in [0.4, 0.5) is 5.69 Å². The summed E-state index contributed by atoms with van der Waals surface area (Å²) in [6.45, 7) is 5.22. The van der Waals surface area contributed by atoms with E-state index < -0.39 is 15.9 Å². The number of amides is 1. The minimum Gasteiger partial charge on any atom is -0.379 e. The van der Waals surface area contributed by atoms with Gasteiger partial charge in [0, 0.05) is 25.3 Å². The van der Waals surface area contributed by atoms with Gasteiger partial charge in [0.05, 0.1) is 29.1 Å². The molecule has 0 bridgehead atoms. The van der Waals surface area contributed by atoms with Gasteiger partial charge in [0.15, 0.2) is 0 Å². The van der Waals surface area contributed by atoms with E-state index in [0.717, 1.165) is 5.52 Å². The van der Waals surface area contributed by atoms with Gasteiger partial charge in [-0.1, -0.05) is 18.2 Å². The van der Waals surface area contributed by atoms with Crippen molar-refractivity contribution in [1.29, 1.82) is 0 Å². The standard InChI is InChI=1S/C22H26N4O5S/c1-3-25-18-6-4-5-7-19(18)26(22(25)28)15-21(27)23-17-9-8-16(2)20(14-17)32(29,30)24-10-12-31-13-11-24/h4-9,14H,3,10-13,15H2,1-2H3,(H,23,27). The van der Waals surface area contributed by atoms with Crippen LogP contribution in [0.25, 0.3) is 11.0 Å². The molecule has 3 aromatic rings. The van der Waals surface area contributed by atoms with Gasteiger partial charge in [-0.3, -0.25) is 13.9 Å². The zero-order valence-electron chi connectivity index (χ0n) is 18.1. The van der Waals surface area contributed by atoms with Gasteiger partial charge in [-0.25, -0.2) is 13.2 Å². The van der Waals surface area contributed by atoms with Gasteiger partial charge in [0.2, 0.25) is 15.9 Å². The van der Waals surface area contributed by atoms with Crippen LogP contribution in [0, 0.1) is 6.92 Å². The van der Waals surface area contributed by atoms with Crippen LogP contribution in [0.5, 0.6) is 0 Å².